The van der Waals surface area contributed by atoms with Crippen molar-refractivity contribution in [1.82, 2.24) is 19.6 Å². The molecule has 0 amide bonds. The van der Waals surface area contributed by atoms with Gasteiger partial charge < -0.3 is 5.11 Å². The second kappa shape index (κ2) is 3.80. The molecular weight excluding hydrogens is 208 g/mol. The summed E-state index contributed by atoms with van der Waals surface area (Å²) in [5, 5.41) is 16.9. The molecule has 0 saturated heterocycles. The average molecular weight is 220 g/mol. The van der Waals surface area contributed by atoms with E-state index in [9.17, 15) is 4.79 Å². The third kappa shape index (κ3) is 1.95. The summed E-state index contributed by atoms with van der Waals surface area (Å²) >= 11 is 0. The van der Waals surface area contributed by atoms with Gasteiger partial charge in [0.25, 0.3) is 0 Å². The molecule has 0 aromatic carbocycles. The van der Waals surface area contributed by atoms with Gasteiger partial charge in [-0.1, -0.05) is 0 Å². The van der Waals surface area contributed by atoms with E-state index < -0.39 is 5.97 Å². The van der Waals surface area contributed by atoms with Crippen LogP contribution in [-0.2, 0) is 13.6 Å². The molecule has 84 valence electrons. The van der Waals surface area contributed by atoms with Crippen LogP contribution in [0.15, 0.2) is 18.5 Å². The lowest BCUT2D eigenvalue weighted by atomic mass is 10.3. The van der Waals surface area contributed by atoms with Crippen LogP contribution in [0.25, 0.3) is 0 Å². The van der Waals surface area contributed by atoms with E-state index in [2.05, 4.69) is 10.2 Å². The zero-order valence-corrected chi connectivity index (χ0v) is 9.08. The number of aromatic carboxylic acids is 1. The van der Waals surface area contributed by atoms with Crippen molar-refractivity contribution < 1.29 is 9.90 Å². The Kier molecular flexibility index (Phi) is 2.47. The highest BCUT2D eigenvalue weighted by atomic mass is 16.4. The second-order valence-electron chi connectivity index (χ2n) is 3.63. The number of aromatic nitrogens is 4. The third-order valence-corrected chi connectivity index (χ3v) is 2.30. The number of carboxylic acids is 1. The number of hydrogen-bond acceptors (Lipinski definition) is 3. The van der Waals surface area contributed by atoms with Gasteiger partial charge >= 0.3 is 5.97 Å². The fourth-order valence-electron chi connectivity index (χ4n) is 1.54. The standard InChI is InChI=1S/C10H12N4O2/c1-7-3-9(13(2)12-7)6-14-5-8(4-11-14)10(15)16/h3-5H,6H2,1-2H3,(H,15,16). The highest BCUT2D eigenvalue weighted by Gasteiger charge is 2.08. The Morgan fingerprint density at radius 3 is 2.81 bits per heavy atom. The maximum absolute atomic E-state index is 10.7. The lowest BCUT2D eigenvalue weighted by Crippen LogP contribution is -2.05. The Balaban J connectivity index is 2.20. The molecule has 0 aliphatic heterocycles. The molecule has 0 atom stereocenters. The van der Waals surface area contributed by atoms with Crippen LogP contribution >= 0.6 is 0 Å². The fraction of sp³-hybridized carbons (Fsp3) is 0.300. The maximum atomic E-state index is 10.7. The van der Waals surface area contributed by atoms with Crippen LogP contribution in [0.1, 0.15) is 21.7 Å². The Bertz CT molecular complexity index is 527. The smallest absolute Gasteiger partial charge is 0.338 e. The van der Waals surface area contributed by atoms with Crippen LogP contribution in [0.2, 0.25) is 0 Å². The lowest BCUT2D eigenvalue weighted by molar-refractivity contribution is 0.0697. The minimum atomic E-state index is -0.965. The molecule has 6 heteroatoms. The number of hydrogen-bond donors (Lipinski definition) is 1. The molecule has 2 rings (SSSR count). The van der Waals surface area contributed by atoms with E-state index in [1.807, 2.05) is 20.0 Å². The van der Waals surface area contributed by atoms with E-state index >= 15 is 0 Å². The lowest BCUT2D eigenvalue weighted by Gasteiger charge is -2.01. The monoisotopic (exact) mass is 220 g/mol. The molecule has 1 N–H and O–H groups in total. The van der Waals surface area contributed by atoms with Crippen LogP contribution in [-0.4, -0.2) is 30.6 Å². The van der Waals surface area contributed by atoms with Gasteiger partial charge in [-0.2, -0.15) is 10.2 Å². The minimum absolute atomic E-state index is 0.193. The molecule has 0 radical (unpaired) electrons. The van der Waals surface area contributed by atoms with Crippen molar-refractivity contribution in [2.24, 2.45) is 7.05 Å². The van der Waals surface area contributed by atoms with Gasteiger partial charge in [0.05, 0.1) is 29.7 Å². The molecule has 0 unspecified atom stereocenters. The number of nitrogens with zero attached hydrogens (tertiary/aromatic N) is 4. The SMILES string of the molecule is Cc1cc(Cn2cc(C(=O)O)cn2)n(C)n1. The van der Waals surface area contributed by atoms with E-state index in [1.54, 1.807) is 9.36 Å². The molecule has 0 fully saturated rings. The predicted octanol–water partition coefficient (Wildman–Crippen LogP) is 0.672. The topological polar surface area (TPSA) is 72.9 Å². The number of carbonyl (C=O) groups is 1. The van der Waals surface area contributed by atoms with E-state index in [0.717, 1.165) is 11.4 Å². The molecular formula is C10H12N4O2. The minimum Gasteiger partial charge on any atom is -0.478 e. The molecule has 0 saturated carbocycles. The molecule has 2 heterocycles. The summed E-state index contributed by atoms with van der Waals surface area (Å²) in [5.74, 6) is -0.965. The molecule has 0 spiro atoms. The first-order valence-corrected chi connectivity index (χ1v) is 4.81. The molecule has 2 aromatic heterocycles. The Morgan fingerprint density at radius 2 is 2.31 bits per heavy atom. The summed E-state index contributed by atoms with van der Waals surface area (Å²) in [5.41, 5.74) is 2.11. The molecule has 2 aromatic rings. The van der Waals surface area contributed by atoms with Crippen molar-refractivity contribution in [3.63, 3.8) is 0 Å². The van der Waals surface area contributed by atoms with Crippen molar-refractivity contribution >= 4 is 5.97 Å². The van der Waals surface area contributed by atoms with Crippen molar-refractivity contribution in [1.29, 1.82) is 0 Å². The summed E-state index contributed by atoms with van der Waals surface area (Å²) in [6, 6.07) is 1.95. The second-order valence-corrected chi connectivity index (χ2v) is 3.63. The van der Waals surface area contributed by atoms with Gasteiger partial charge in [-0.05, 0) is 13.0 Å². The quantitative estimate of drug-likeness (QED) is 0.825. The van der Waals surface area contributed by atoms with Crippen molar-refractivity contribution in [2.75, 3.05) is 0 Å². The molecule has 6 nitrogen and oxygen atoms in total. The molecule has 0 bridgehead atoms. The number of aryl methyl sites for hydroxylation is 2. The molecule has 0 aliphatic rings. The summed E-state index contributed by atoms with van der Waals surface area (Å²) in [7, 11) is 1.85. The summed E-state index contributed by atoms with van der Waals surface area (Å²) < 4.78 is 3.34. The van der Waals surface area contributed by atoms with Gasteiger partial charge in [0.15, 0.2) is 0 Å². The van der Waals surface area contributed by atoms with Crippen molar-refractivity contribution in [2.45, 2.75) is 13.5 Å². The summed E-state index contributed by atoms with van der Waals surface area (Å²) in [6.07, 6.45) is 2.84. The van der Waals surface area contributed by atoms with Gasteiger partial charge in [-0.3, -0.25) is 9.36 Å². The largest absolute Gasteiger partial charge is 0.478 e. The highest BCUT2D eigenvalue weighted by molar-refractivity contribution is 5.86. The maximum Gasteiger partial charge on any atom is 0.338 e. The zero-order chi connectivity index (χ0) is 11.7. The third-order valence-electron chi connectivity index (χ3n) is 2.30. The fourth-order valence-corrected chi connectivity index (χ4v) is 1.54. The number of rotatable bonds is 3. The first-order valence-electron chi connectivity index (χ1n) is 4.81. The van der Waals surface area contributed by atoms with Crippen molar-refractivity contribution in [3.8, 4) is 0 Å². The van der Waals surface area contributed by atoms with Crippen LogP contribution in [0, 0.1) is 6.92 Å². The molecule has 0 aliphatic carbocycles. The van der Waals surface area contributed by atoms with Crippen molar-refractivity contribution in [3.05, 3.63) is 35.4 Å². The average Bonchev–Trinajstić information content (AvgIpc) is 2.75. The van der Waals surface area contributed by atoms with Gasteiger partial charge in [-0.15, -0.1) is 0 Å². The van der Waals surface area contributed by atoms with E-state index in [-0.39, 0.29) is 5.56 Å². The summed E-state index contributed by atoms with van der Waals surface area (Å²) in [4.78, 5) is 10.7. The van der Waals surface area contributed by atoms with Gasteiger partial charge in [-0.25, -0.2) is 4.79 Å². The van der Waals surface area contributed by atoms with Crippen LogP contribution in [0.5, 0.6) is 0 Å². The normalized spacial score (nSPS) is 10.6. The zero-order valence-electron chi connectivity index (χ0n) is 9.08. The van der Waals surface area contributed by atoms with Gasteiger partial charge in [0.2, 0.25) is 0 Å². The predicted molar refractivity (Wildman–Crippen MR) is 56.2 cm³/mol. The van der Waals surface area contributed by atoms with E-state index in [0.29, 0.717) is 6.54 Å². The van der Waals surface area contributed by atoms with Crippen LogP contribution in [0.4, 0.5) is 0 Å². The summed E-state index contributed by atoms with van der Waals surface area (Å²) in [6.45, 7) is 2.43. The Hall–Kier alpha value is -2.11. The van der Waals surface area contributed by atoms with E-state index in [1.165, 1.54) is 12.4 Å². The van der Waals surface area contributed by atoms with Crippen LogP contribution < -0.4 is 0 Å². The number of carboxylic acid groups (broad SMARTS) is 1. The van der Waals surface area contributed by atoms with Gasteiger partial charge in [0, 0.05) is 13.2 Å². The Morgan fingerprint density at radius 1 is 1.56 bits per heavy atom. The van der Waals surface area contributed by atoms with Gasteiger partial charge in [0.1, 0.15) is 0 Å². The van der Waals surface area contributed by atoms with E-state index in [4.69, 9.17) is 5.11 Å². The first kappa shape index (κ1) is 10.4. The first-order chi connectivity index (χ1) is 7.56. The van der Waals surface area contributed by atoms with Crippen LogP contribution in [0.3, 0.4) is 0 Å². The highest BCUT2D eigenvalue weighted by Crippen LogP contribution is 2.05. The molecule has 16 heavy (non-hydrogen) atoms. The Labute approximate surface area is 92.1 Å².